The molecule has 0 unspecified atom stereocenters. The van der Waals surface area contributed by atoms with Crippen LogP contribution in [0, 0.1) is 16.0 Å². The molecule has 0 saturated carbocycles. The smallest absolute Gasteiger partial charge is 0.349 e. The third-order valence-corrected chi connectivity index (χ3v) is 1.61. The topological polar surface area (TPSA) is 116 Å². The molecule has 88 valence electrons. The van der Waals surface area contributed by atoms with Crippen molar-refractivity contribution in [2.75, 3.05) is 12.0 Å². The van der Waals surface area contributed by atoms with Gasteiger partial charge in [-0.05, 0) is 5.92 Å². The molecule has 1 aromatic heterocycles. The van der Waals surface area contributed by atoms with Gasteiger partial charge in [0, 0.05) is 0 Å². The first-order valence-electron chi connectivity index (χ1n) is 4.65. The number of hydrazine groups is 1. The number of hydrogen-bond acceptors (Lipinski definition) is 7. The molecule has 0 aromatic carbocycles. The van der Waals surface area contributed by atoms with E-state index in [0.29, 0.717) is 6.61 Å². The van der Waals surface area contributed by atoms with Crippen LogP contribution >= 0.6 is 0 Å². The maximum atomic E-state index is 10.7. The SMILES string of the molecule is CC(C)COc1nc(NN)ncc1[N+](=O)[O-]. The lowest BCUT2D eigenvalue weighted by molar-refractivity contribution is -0.386. The molecule has 0 saturated heterocycles. The summed E-state index contributed by atoms with van der Waals surface area (Å²) >= 11 is 0. The molecule has 0 amide bonds. The number of hydrogen-bond donors (Lipinski definition) is 2. The molecule has 8 nitrogen and oxygen atoms in total. The zero-order chi connectivity index (χ0) is 12.1. The zero-order valence-electron chi connectivity index (χ0n) is 9.01. The van der Waals surface area contributed by atoms with Crippen LogP contribution < -0.4 is 16.0 Å². The van der Waals surface area contributed by atoms with Crippen LogP contribution in [0.1, 0.15) is 13.8 Å². The maximum Gasteiger partial charge on any atom is 0.349 e. The van der Waals surface area contributed by atoms with Crippen LogP contribution in [-0.4, -0.2) is 21.5 Å². The quantitative estimate of drug-likeness (QED) is 0.432. The molecule has 0 aliphatic rings. The largest absolute Gasteiger partial charge is 0.472 e. The molecule has 8 heteroatoms. The first-order valence-corrected chi connectivity index (χ1v) is 4.65. The number of nitro groups is 1. The minimum Gasteiger partial charge on any atom is -0.472 e. The zero-order valence-corrected chi connectivity index (χ0v) is 9.01. The van der Waals surface area contributed by atoms with E-state index in [2.05, 4.69) is 15.4 Å². The number of nitrogens with one attached hydrogen (secondary N) is 1. The summed E-state index contributed by atoms with van der Waals surface area (Å²) in [5, 5.41) is 10.7. The van der Waals surface area contributed by atoms with Crippen molar-refractivity contribution in [2.45, 2.75) is 13.8 Å². The standard InChI is InChI=1S/C8H13N5O3/c1-5(2)4-16-7-6(13(14)15)3-10-8(11-7)12-9/h3,5H,4,9H2,1-2H3,(H,10,11,12). The van der Waals surface area contributed by atoms with Gasteiger partial charge in [0.2, 0.25) is 5.95 Å². The lowest BCUT2D eigenvalue weighted by Crippen LogP contribution is -2.13. The van der Waals surface area contributed by atoms with Gasteiger partial charge in [0.25, 0.3) is 5.88 Å². The van der Waals surface area contributed by atoms with Crippen LogP contribution in [0.15, 0.2) is 6.20 Å². The van der Waals surface area contributed by atoms with E-state index in [-0.39, 0.29) is 23.4 Å². The van der Waals surface area contributed by atoms with Gasteiger partial charge in [-0.15, -0.1) is 0 Å². The van der Waals surface area contributed by atoms with Gasteiger partial charge < -0.3 is 4.74 Å². The van der Waals surface area contributed by atoms with Gasteiger partial charge in [0.1, 0.15) is 6.20 Å². The molecule has 0 aliphatic heterocycles. The number of nitrogens with zero attached hydrogens (tertiary/aromatic N) is 3. The molecule has 3 N–H and O–H groups in total. The normalized spacial score (nSPS) is 10.2. The predicted octanol–water partition coefficient (Wildman–Crippen LogP) is 0.705. The Kier molecular flexibility index (Phi) is 3.95. The Hall–Kier alpha value is -1.96. The highest BCUT2D eigenvalue weighted by molar-refractivity contribution is 5.42. The molecular formula is C8H13N5O3. The van der Waals surface area contributed by atoms with Gasteiger partial charge in [-0.3, -0.25) is 15.5 Å². The Morgan fingerprint density at radius 2 is 2.38 bits per heavy atom. The molecule has 0 bridgehead atoms. The summed E-state index contributed by atoms with van der Waals surface area (Å²) in [5.41, 5.74) is 1.92. The molecule has 1 rings (SSSR count). The van der Waals surface area contributed by atoms with Crippen LogP contribution in [0.25, 0.3) is 0 Å². The van der Waals surface area contributed by atoms with Crippen molar-refractivity contribution in [1.29, 1.82) is 0 Å². The Labute approximate surface area is 92.0 Å². The van der Waals surface area contributed by atoms with Crippen LogP contribution in [0.4, 0.5) is 11.6 Å². The van der Waals surface area contributed by atoms with Crippen molar-refractivity contribution >= 4 is 11.6 Å². The van der Waals surface area contributed by atoms with E-state index >= 15 is 0 Å². The summed E-state index contributed by atoms with van der Waals surface area (Å²) in [6.07, 6.45) is 1.05. The monoisotopic (exact) mass is 227 g/mol. The van der Waals surface area contributed by atoms with Crippen molar-refractivity contribution in [3.63, 3.8) is 0 Å². The summed E-state index contributed by atoms with van der Waals surface area (Å²) in [6, 6.07) is 0. The first-order chi connectivity index (χ1) is 7.54. The molecule has 0 spiro atoms. The van der Waals surface area contributed by atoms with Crippen LogP contribution in [0.3, 0.4) is 0 Å². The Morgan fingerprint density at radius 1 is 1.69 bits per heavy atom. The second-order valence-corrected chi connectivity index (χ2v) is 3.49. The van der Waals surface area contributed by atoms with Crippen molar-refractivity contribution in [2.24, 2.45) is 11.8 Å². The number of anilines is 1. The fourth-order valence-electron chi connectivity index (χ4n) is 0.906. The lowest BCUT2D eigenvalue weighted by atomic mass is 10.2. The van der Waals surface area contributed by atoms with Gasteiger partial charge in [-0.25, -0.2) is 10.8 Å². The van der Waals surface area contributed by atoms with Crippen molar-refractivity contribution in [3.8, 4) is 5.88 Å². The van der Waals surface area contributed by atoms with Crippen molar-refractivity contribution in [1.82, 2.24) is 9.97 Å². The molecule has 0 radical (unpaired) electrons. The van der Waals surface area contributed by atoms with Crippen molar-refractivity contribution in [3.05, 3.63) is 16.3 Å². The summed E-state index contributed by atoms with van der Waals surface area (Å²) in [6.45, 7) is 4.19. The van der Waals surface area contributed by atoms with E-state index in [4.69, 9.17) is 10.6 Å². The van der Waals surface area contributed by atoms with Gasteiger partial charge in [-0.2, -0.15) is 4.98 Å². The Morgan fingerprint density at radius 3 is 2.88 bits per heavy atom. The van der Waals surface area contributed by atoms with E-state index in [1.54, 1.807) is 0 Å². The molecule has 16 heavy (non-hydrogen) atoms. The lowest BCUT2D eigenvalue weighted by Gasteiger charge is -2.08. The molecule has 1 heterocycles. The number of rotatable bonds is 5. The minimum atomic E-state index is -0.601. The highest BCUT2D eigenvalue weighted by Gasteiger charge is 2.18. The molecule has 0 fully saturated rings. The molecule has 0 aliphatic carbocycles. The summed E-state index contributed by atoms with van der Waals surface area (Å²) in [4.78, 5) is 17.5. The number of aromatic nitrogens is 2. The Balaban J connectivity index is 2.96. The average molecular weight is 227 g/mol. The van der Waals surface area contributed by atoms with Crippen molar-refractivity contribution < 1.29 is 9.66 Å². The molecule has 1 aromatic rings. The third-order valence-electron chi connectivity index (χ3n) is 1.61. The van der Waals surface area contributed by atoms with Gasteiger partial charge in [0.05, 0.1) is 11.5 Å². The van der Waals surface area contributed by atoms with Gasteiger partial charge in [-0.1, -0.05) is 13.8 Å². The fourth-order valence-corrected chi connectivity index (χ4v) is 0.906. The molecule has 0 atom stereocenters. The number of ether oxygens (including phenoxy) is 1. The van der Waals surface area contributed by atoms with Crippen LogP contribution in [-0.2, 0) is 0 Å². The minimum absolute atomic E-state index is 0.0735. The second kappa shape index (κ2) is 5.21. The van der Waals surface area contributed by atoms with Crippen LogP contribution in [0.5, 0.6) is 5.88 Å². The van der Waals surface area contributed by atoms with E-state index in [1.807, 2.05) is 13.8 Å². The predicted molar refractivity (Wildman–Crippen MR) is 56.8 cm³/mol. The van der Waals surface area contributed by atoms with E-state index in [1.165, 1.54) is 0 Å². The first kappa shape index (κ1) is 12.1. The van der Waals surface area contributed by atoms with E-state index < -0.39 is 4.92 Å². The van der Waals surface area contributed by atoms with Crippen LogP contribution in [0.2, 0.25) is 0 Å². The summed E-state index contributed by atoms with van der Waals surface area (Å²) in [5.74, 6) is 5.33. The van der Waals surface area contributed by atoms with Gasteiger partial charge in [0.15, 0.2) is 0 Å². The fraction of sp³-hybridized carbons (Fsp3) is 0.500. The third kappa shape index (κ3) is 3.02. The Bertz CT molecular complexity index is 382. The van der Waals surface area contributed by atoms with E-state index in [9.17, 15) is 10.1 Å². The highest BCUT2D eigenvalue weighted by atomic mass is 16.6. The number of nitrogens with two attached hydrogens (primary N) is 1. The summed E-state index contributed by atoms with van der Waals surface area (Å²) in [7, 11) is 0. The molecular weight excluding hydrogens is 214 g/mol. The van der Waals surface area contributed by atoms with Gasteiger partial charge >= 0.3 is 5.69 Å². The highest BCUT2D eigenvalue weighted by Crippen LogP contribution is 2.24. The second-order valence-electron chi connectivity index (χ2n) is 3.49. The number of nitrogen functional groups attached to an aromatic ring is 1. The van der Waals surface area contributed by atoms with E-state index in [0.717, 1.165) is 6.20 Å². The summed E-state index contributed by atoms with van der Waals surface area (Å²) < 4.78 is 5.21. The average Bonchev–Trinajstić information content (AvgIpc) is 2.25. The maximum absolute atomic E-state index is 10.7.